The maximum absolute atomic E-state index is 12.3. The number of carbonyl (C=O) groups excluding carboxylic acids is 1. The Kier molecular flexibility index (Phi) is 4.59. The summed E-state index contributed by atoms with van der Waals surface area (Å²) in [6.07, 6.45) is 1.59. The minimum Gasteiger partial charge on any atom is -0.409 e. The van der Waals surface area contributed by atoms with Gasteiger partial charge in [-0.3, -0.25) is 4.79 Å². The highest BCUT2D eigenvalue weighted by molar-refractivity contribution is 6.02. The summed E-state index contributed by atoms with van der Waals surface area (Å²) in [5.74, 6) is 0.0289. The summed E-state index contributed by atoms with van der Waals surface area (Å²) in [4.78, 5) is 14.2. The number of hydrogen-bond donors (Lipinski definition) is 2. The van der Waals surface area contributed by atoms with Crippen molar-refractivity contribution in [2.75, 3.05) is 13.1 Å². The first-order valence-electron chi connectivity index (χ1n) is 6.57. The number of likely N-dealkylation sites (tertiary alicyclic amines) is 1. The van der Waals surface area contributed by atoms with Gasteiger partial charge in [-0.25, -0.2) is 0 Å². The predicted molar refractivity (Wildman–Crippen MR) is 71.3 cm³/mol. The number of nitrogens with zero attached hydrogens (tertiary/aromatic N) is 2. The molecule has 0 bridgehead atoms. The summed E-state index contributed by atoms with van der Waals surface area (Å²) in [7, 11) is 0. The molecule has 18 heavy (non-hydrogen) atoms. The highest BCUT2D eigenvalue weighted by Crippen LogP contribution is 2.34. The number of amidine groups is 1. The van der Waals surface area contributed by atoms with Gasteiger partial charge in [0.2, 0.25) is 5.91 Å². The quantitative estimate of drug-likeness (QED) is 0.348. The fraction of sp³-hybridized carbons (Fsp3) is 0.846. The van der Waals surface area contributed by atoms with Crippen LogP contribution in [-0.4, -0.2) is 34.9 Å². The molecular weight excluding hydrogens is 230 g/mol. The van der Waals surface area contributed by atoms with Crippen LogP contribution in [0.25, 0.3) is 0 Å². The molecule has 1 amide bonds. The molecule has 1 fully saturated rings. The van der Waals surface area contributed by atoms with Gasteiger partial charge in [0, 0.05) is 13.1 Å². The van der Waals surface area contributed by atoms with E-state index < -0.39 is 5.92 Å². The Morgan fingerprint density at radius 1 is 1.56 bits per heavy atom. The van der Waals surface area contributed by atoms with Gasteiger partial charge in [0.05, 0.1) is 5.92 Å². The second kappa shape index (κ2) is 5.59. The third kappa shape index (κ3) is 3.15. The molecule has 0 aromatic carbocycles. The molecule has 1 aliphatic rings. The standard InChI is InChI=1S/C13H25N3O2/c1-5-10(11(14)15-18)12(17)16-7-6-9(8-16)13(2,3)4/h9-10,18H,5-8H2,1-4H3,(H2,14,15). The van der Waals surface area contributed by atoms with Crippen molar-refractivity contribution in [1.82, 2.24) is 4.90 Å². The lowest BCUT2D eigenvalue weighted by atomic mass is 9.80. The van der Waals surface area contributed by atoms with Crippen LogP contribution < -0.4 is 5.73 Å². The van der Waals surface area contributed by atoms with Crippen LogP contribution in [0.4, 0.5) is 0 Å². The van der Waals surface area contributed by atoms with Gasteiger partial charge in [-0.1, -0.05) is 32.9 Å². The maximum Gasteiger partial charge on any atom is 0.233 e. The van der Waals surface area contributed by atoms with Crippen LogP contribution >= 0.6 is 0 Å². The SMILES string of the molecule is CCC(C(=O)N1CCC(C(C)(C)C)C1)C(N)=NO. The number of oxime groups is 1. The highest BCUT2D eigenvalue weighted by atomic mass is 16.4. The van der Waals surface area contributed by atoms with Gasteiger partial charge in [-0.2, -0.15) is 0 Å². The van der Waals surface area contributed by atoms with Gasteiger partial charge in [0.25, 0.3) is 0 Å². The van der Waals surface area contributed by atoms with Crippen LogP contribution in [0.1, 0.15) is 40.5 Å². The lowest BCUT2D eigenvalue weighted by Gasteiger charge is -2.28. The van der Waals surface area contributed by atoms with Crippen LogP contribution in [0.5, 0.6) is 0 Å². The number of rotatable bonds is 3. The molecule has 3 N–H and O–H groups in total. The molecule has 0 aromatic rings. The van der Waals surface area contributed by atoms with Crippen LogP contribution in [0.3, 0.4) is 0 Å². The molecule has 1 saturated heterocycles. The van der Waals surface area contributed by atoms with E-state index in [-0.39, 0.29) is 17.2 Å². The first kappa shape index (κ1) is 14.8. The molecule has 1 rings (SSSR count). The van der Waals surface area contributed by atoms with E-state index in [4.69, 9.17) is 10.9 Å². The summed E-state index contributed by atoms with van der Waals surface area (Å²) in [5.41, 5.74) is 5.78. The van der Waals surface area contributed by atoms with Crippen molar-refractivity contribution >= 4 is 11.7 Å². The summed E-state index contributed by atoms with van der Waals surface area (Å²) in [6.45, 7) is 10.0. The summed E-state index contributed by atoms with van der Waals surface area (Å²) in [6, 6.07) is 0. The zero-order chi connectivity index (χ0) is 13.9. The Hall–Kier alpha value is -1.26. The lowest BCUT2D eigenvalue weighted by Crippen LogP contribution is -2.41. The first-order valence-corrected chi connectivity index (χ1v) is 6.57. The summed E-state index contributed by atoms with van der Waals surface area (Å²) < 4.78 is 0. The van der Waals surface area contributed by atoms with E-state index in [1.54, 1.807) is 0 Å². The third-order valence-electron chi connectivity index (χ3n) is 3.90. The van der Waals surface area contributed by atoms with Gasteiger partial charge >= 0.3 is 0 Å². The normalized spacial score (nSPS) is 23.2. The van der Waals surface area contributed by atoms with E-state index >= 15 is 0 Å². The van der Waals surface area contributed by atoms with Gasteiger partial charge < -0.3 is 15.8 Å². The molecule has 5 nitrogen and oxygen atoms in total. The average Bonchev–Trinajstić information content (AvgIpc) is 2.78. The van der Waals surface area contributed by atoms with Crippen LogP contribution in [-0.2, 0) is 4.79 Å². The van der Waals surface area contributed by atoms with Crippen LogP contribution in [0, 0.1) is 17.3 Å². The molecule has 0 saturated carbocycles. The molecular formula is C13H25N3O2. The number of amides is 1. The molecule has 0 aliphatic carbocycles. The lowest BCUT2D eigenvalue weighted by molar-refractivity contribution is -0.132. The van der Waals surface area contributed by atoms with E-state index in [9.17, 15) is 4.79 Å². The predicted octanol–water partition coefficient (Wildman–Crippen LogP) is 1.65. The Bertz CT molecular complexity index is 334. The molecule has 2 unspecified atom stereocenters. The zero-order valence-corrected chi connectivity index (χ0v) is 11.8. The van der Waals surface area contributed by atoms with Gasteiger partial charge in [-0.15, -0.1) is 0 Å². The summed E-state index contributed by atoms with van der Waals surface area (Å²) >= 11 is 0. The fourth-order valence-corrected chi connectivity index (χ4v) is 2.47. The third-order valence-corrected chi connectivity index (χ3v) is 3.90. The second-order valence-electron chi connectivity index (χ2n) is 6.12. The van der Waals surface area contributed by atoms with E-state index in [1.807, 2.05) is 11.8 Å². The molecule has 0 aromatic heterocycles. The Balaban J connectivity index is 2.70. The van der Waals surface area contributed by atoms with Crippen molar-refractivity contribution in [3.05, 3.63) is 0 Å². The van der Waals surface area contributed by atoms with E-state index in [1.165, 1.54) is 0 Å². The largest absolute Gasteiger partial charge is 0.409 e. The fourth-order valence-electron chi connectivity index (χ4n) is 2.47. The number of nitrogens with two attached hydrogens (primary N) is 1. The molecule has 2 atom stereocenters. The second-order valence-corrected chi connectivity index (χ2v) is 6.12. The first-order chi connectivity index (χ1) is 8.31. The molecule has 0 radical (unpaired) electrons. The molecule has 1 aliphatic heterocycles. The Labute approximate surface area is 109 Å². The topological polar surface area (TPSA) is 78.9 Å². The number of hydrogen-bond acceptors (Lipinski definition) is 3. The Morgan fingerprint density at radius 3 is 2.56 bits per heavy atom. The van der Waals surface area contributed by atoms with Crippen molar-refractivity contribution in [2.45, 2.75) is 40.5 Å². The summed E-state index contributed by atoms with van der Waals surface area (Å²) in [5, 5.41) is 11.7. The molecule has 0 spiro atoms. The monoisotopic (exact) mass is 255 g/mol. The van der Waals surface area contributed by atoms with E-state index in [0.717, 1.165) is 19.5 Å². The average molecular weight is 255 g/mol. The van der Waals surface area contributed by atoms with Crippen molar-refractivity contribution in [1.29, 1.82) is 0 Å². The van der Waals surface area contributed by atoms with Crippen molar-refractivity contribution in [3.63, 3.8) is 0 Å². The van der Waals surface area contributed by atoms with Crippen molar-refractivity contribution in [3.8, 4) is 0 Å². The maximum atomic E-state index is 12.3. The van der Waals surface area contributed by atoms with Gasteiger partial charge in [-0.05, 0) is 24.2 Å². The van der Waals surface area contributed by atoms with E-state index in [0.29, 0.717) is 12.3 Å². The van der Waals surface area contributed by atoms with Crippen molar-refractivity contribution < 1.29 is 10.0 Å². The Morgan fingerprint density at radius 2 is 2.17 bits per heavy atom. The number of carbonyl (C=O) groups is 1. The van der Waals surface area contributed by atoms with Crippen LogP contribution in [0.15, 0.2) is 5.16 Å². The zero-order valence-electron chi connectivity index (χ0n) is 11.8. The van der Waals surface area contributed by atoms with Gasteiger partial charge in [0.1, 0.15) is 0 Å². The smallest absolute Gasteiger partial charge is 0.233 e. The highest BCUT2D eigenvalue weighted by Gasteiger charge is 2.36. The minimum atomic E-state index is -0.492. The van der Waals surface area contributed by atoms with Gasteiger partial charge in [0.15, 0.2) is 5.84 Å². The van der Waals surface area contributed by atoms with Crippen LogP contribution in [0.2, 0.25) is 0 Å². The van der Waals surface area contributed by atoms with Crippen molar-refractivity contribution in [2.24, 2.45) is 28.1 Å². The molecule has 5 heteroatoms. The molecule has 104 valence electrons. The minimum absolute atomic E-state index is 0.0143. The van der Waals surface area contributed by atoms with E-state index in [2.05, 4.69) is 25.9 Å². The molecule has 1 heterocycles.